The molecule has 4 N–H and O–H groups in total. The molecule has 0 atom stereocenters. The van der Waals surface area contributed by atoms with E-state index in [0.29, 0.717) is 5.69 Å². The van der Waals surface area contributed by atoms with Crippen LogP contribution in [0.1, 0.15) is 16.8 Å². The van der Waals surface area contributed by atoms with Crippen molar-refractivity contribution in [2.75, 3.05) is 24.7 Å². The monoisotopic (exact) mass is 316 g/mol. The topological polar surface area (TPSA) is 144 Å². The van der Waals surface area contributed by atoms with E-state index >= 15 is 0 Å². The maximum atomic E-state index is 11.9. The zero-order valence-electron chi connectivity index (χ0n) is 11.3. The Morgan fingerprint density at radius 2 is 2.10 bits per heavy atom. The maximum Gasteiger partial charge on any atom is 0.282 e. The van der Waals surface area contributed by atoms with Crippen molar-refractivity contribution in [1.82, 2.24) is 5.32 Å². The first-order valence-corrected chi connectivity index (χ1v) is 7.71. The Morgan fingerprint density at radius 3 is 2.62 bits per heavy atom. The van der Waals surface area contributed by atoms with Crippen LogP contribution in [0, 0.1) is 10.1 Å². The van der Waals surface area contributed by atoms with Gasteiger partial charge in [-0.2, -0.15) is 0 Å². The Labute approximate surface area is 121 Å². The first-order valence-electron chi connectivity index (χ1n) is 5.99. The number of amides is 1. The highest BCUT2D eigenvalue weighted by Crippen LogP contribution is 2.22. The van der Waals surface area contributed by atoms with Gasteiger partial charge in [-0.3, -0.25) is 14.9 Å². The molecule has 1 rings (SSSR count). The minimum Gasteiger partial charge on any atom is -0.388 e. The van der Waals surface area contributed by atoms with E-state index in [-0.39, 0.29) is 30.0 Å². The number of nitrogens with zero attached hydrogens (tertiary/aromatic N) is 1. The molecule has 0 radical (unpaired) electrons. The third-order valence-corrected chi connectivity index (χ3v) is 3.48. The molecule has 0 aliphatic carbocycles. The van der Waals surface area contributed by atoms with Gasteiger partial charge in [-0.15, -0.1) is 0 Å². The summed E-state index contributed by atoms with van der Waals surface area (Å²) in [4.78, 5) is 22.2. The summed E-state index contributed by atoms with van der Waals surface area (Å²) in [6.45, 7) is 0.0518. The number of sulfonamides is 1. The number of nitrogens with two attached hydrogens (primary N) is 1. The van der Waals surface area contributed by atoms with Gasteiger partial charge >= 0.3 is 0 Å². The lowest BCUT2D eigenvalue weighted by Gasteiger charge is -2.07. The summed E-state index contributed by atoms with van der Waals surface area (Å²) in [5.74, 6) is -0.917. The highest BCUT2D eigenvalue weighted by Gasteiger charge is 2.20. The second-order valence-corrected chi connectivity index (χ2v) is 5.95. The van der Waals surface area contributed by atoms with Crippen molar-refractivity contribution in [3.63, 3.8) is 0 Å². The molecule has 10 heteroatoms. The van der Waals surface area contributed by atoms with Crippen LogP contribution in [0.25, 0.3) is 0 Å². The van der Waals surface area contributed by atoms with Crippen LogP contribution >= 0.6 is 0 Å². The van der Waals surface area contributed by atoms with Gasteiger partial charge in [-0.05, 0) is 18.6 Å². The summed E-state index contributed by atoms with van der Waals surface area (Å²) >= 11 is 0. The highest BCUT2D eigenvalue weighted by atomic mass is 32.2. The molecule has 0 saturated heterocycles. The summed E-state index contributed by atoms with van der Waals surface area (Å²) in [6, 6.07) is 4.06. The number of nitrogens with one attached hydrogen (secondary N) is 2. The number of nitro groups is 1. The Balaban J connectivity index is 2.79. The summed E-state index contributed by atoms with van der Waals surface area (Å²) in [6.07, 6.45) is 0.129. The summed E-state index contributed by atoms with van der Waals surface area (Å²) in [7, 11) is -1.97. The molecule has 116 valence electrons. The van der Waals surface area contributed by atoms with Gasteiger partial charge in [0.1, 0.15) is 5.56 Å². The molecule has 0 unspecified atom stereocenters. The van der Waals surface area contributed by atoms with E-state index in [4.69, 9.17) is 5.14 Å². The van der Waals surface area contributed by atoms with Gasteiger partial charge in [-0.25, -0.2) is 13.6 Å². The largest absolute Gasteiger partial charge is 0.388 e. The SMILES string of the molecule is CNc1ccc([N+](=O)[O-])c(C(=O)NCCCS(N)(=O)=O)c1. The number of benzene rings is 1. The highest BCUT2D eigenvalue weighted by molar-refractivity contribution is 7.89. The van der Waals surface area contributed by atoms with Gasteiger partial charge in [0.2, 0.25) is 10.0 Å². The van der Waals surface area contributed by atoms with E-state index in [9.17, 15) is 23.3 Å². The molecule has 21 heavy (non-hydrogen) atoms. The number of anilines is 1. The van der Waals surface area contributed by atoms with Crippen molar-refractivity contribution in [3.05, 3.63) is 33.9 Å². The van der Waals surface area contributed by atoms with Crippen LogP contribution in [-0.2, 0) is 10.0 Å². The molecular weight excluding hydrogens is 300 g/mol. The Hall–Kier alpha value is -2.20. The van der Waals surface area contributed by atoms with Crippen molar-refractivity contribution in [2.45, 2.75) is 6.42 Å². The van der Waals surface area contributed by atoms with Crippen molar-refractivity contribution in [3.8, 4) is 0 Å². The molecule has 0 aromatic heterocycles. The Bertz CT molecular complexity index is 644. The van der Waals surface area contributed by atoms with E-state index in [0.717, 1.165) is 0 Å². The van der Waals surface area contributed by atoms with Gasteiger partial charge in [0.25, 0.3) is 11.6 Å². The first-order chi connectivity index (χ1) is 9.74. The van der Waals surface area contributed by atoms with Crippen LogP contribution in [-0.4, -0.2) is 38.6 Å². The van der Waals surface area contributed by atoms with E-state index in [1.54, 1.807) is 7.05 Å². The predicted molar refractivity (Wildman–Crippen MR) is 77.6 cm³/mol. The zero-order chi connectivity index (χ0) is 16.0. The summed E-state index contributed by atoms with van der Waals surface area (Å²) in [5.41, 5.74) is 0.135. The van der Waals surface area contributed by atoms with Crippen molar-refractivity contribution >= 4 is 27.3 Å². The third kappa shape index (κ3) is 5.36. The van der Waals surface area contributed by atoms with Crippen LogP contribution in [0.2, 0.25) is 0 Å². The Morgan fingerprint density at radius 1 is 1.43 bits per heavy atom. The van der Waals surface area contributed by atoms with Crippen molar-refractivity contribution < 1.29 is 18.1 Å². The molecule has 1 aromatic carbocycles. The number of carbonyl (C=O) groups excluding carboxylic acids is 1. The number of hydrogen-bond acceptors (Lipinski definition) is 6. The molecule has 1 amide bonds. The van der Waals surface area contributed by atoms with E-state index in [1.807, 2.05) is 0 Å². The van der Waals surface area contributed by atoms with Crippen molar-refractivity contribution in [1.29, 1.82) is 0 Å². The minimum absolute atomic E-state index is 0.0518. The molecule has 9 nitrogen and oxygen atoms in total. The first kappa shape index (κ1) is 16.9. The molecule has 0 spiro atoms. The lowest BCUT2D eigenvalue weighted by molar-refractivity contribution is -0.385. The molecule has 0 aliphatic heterocycles. The lowest BCUT2D eigenvalue weighted by Crippen LogP contribution is -2.27. The van der Waals surface area contributed by atoms with Gasteiger partial charge in [-0.1, -0.05) is 0 Å². The van der Waals surface area contributed by atoms with Crippen LogP contribution in [0.3, 0.4) is 0 Å². The minimum atomic E-state index is -3.59. The standard InChI is InChI=1S/C11H16N4O5S/c1-13-8-3-4-10(15(17)18)9(7-8)11(16)14-5-2-6-21(12,19)20/h3-4,7,13H,2,5-6H2,1H3,(H,14,16)(H2,12,19,20). The number of primary sulfonamides is 1. The fourth-order valence-electron chi connectivity index (χ4n) is 1.60. The van der Waals surface area contributed by atoms with Crippen LogP contribution < -0.4 is 15.8 Å². The molecule has 0 heterocycles. The fraction of sp³-hybridized carbons (Fsp3) is 0.364. The molecule has 0 saturated carbocycles. The molecule has 0 bridgehead atoms. The van der Waals surface area contributed by atoms with Gasteiger partial charge < -0.3 is 10.6 Å². The molecule has 0 fully saturated rings. The zero-order valence-corrected chi connectivity index (χ0v) is 12.1. The van der Waals surface area contributed by atoms with Gasteiger partial charge in [0, 0.05) is 25.3 Å². The Kier molecular flexibility index (Phi) is 5.61. The van der Waals surface area contributed by atoms with Crippen LogP contribution in [0.5, 0.6) is 0 Å². The predicted octanol–water partition coefficient (Wildman–Crippen LogP) is 0.0449. The molecule has 0 aliphatic rings. The number of rotatable bonds is 7. The molecular formula is C11H16N4O5S. The maximum absolute atomic E-state index is 11.9. The van der Waals surface area contributed by atoms with Crippen molar-refractivity contribution in [2.24, 2.45) is 5.14 Å². The number of hydrogen-bond donors (Lipinski definition) is 3. The summed E-state index contributed by atoms with van der Waals surface area (Å²) < 4.78 is 21.5. The van der Waals surface area contributed by atoms with E-state index < -0.39 is 20.9 Å². The average molecular weight is 316 g/mol. The van der Waals surface area contributed by atoms with Crippen LogP contribution in [0.4, 0.5) is 11.4 Å². The fourth-order valence-corrected chi connectivity index (χ4v) is 2.15. The van der Waals surface area contributed by atoms with E-state index in [1.165, 1.54) is 18.2 Å². The second-order valence-electron chi connectivity index (χ2n) is 4.22. The third-order valence-electron chi connectivity index (χ3n) is 2.62. The van der Waals surface area contributed by atoms with E-state index in [2.05, 4.69) is 10.6 Å². The number of carbonyl (C=O) groups is 1. The normalized spacial score (nSPS) is 11.0. The lowest BCUT2D eigenvalue weighted by atomic mass is 10.1. The van der Waals surface area contributed by atoms with Gasteiger partial charge in [0.15, 0.2) is 0 Å². The summed E-state index contributed by atoms with van der Waals surface area (Å²) in [5, 5.41) is 20.9. The second kappa shape index (κ2) is 6.99. The quantitative estimate of drug-likeness (QED) is 0.368. The number of nitro benzene ring substituents is 1. The average Bonchev–Trinajstić information content (AvgIpc) is 2.41. The smallest absolute Gasteiger partial charge is 0.282 e. The molecule has 1 aromatic rings. The van der Waals surface area contributed by atoms with Crippen LogP contribution in [0.15, 0.2) is 18.2 Å². The van der Waals surface area contributed by atoms with Gasteiger partial charge in [0.05, 0.1) is 10.7 Å².